The van der Waals surface area contributed by atoms with E-state index >= 15 is 0 Å². The minimum Gasteiger partial charge on any atom is -0.743 e. The summed E-state index contributed by atoms with van der Waals surface area (Å²) in [5, 5.41) is -7.67. The molecule has 0 bridgehead atoms. The first kappa shape index (κ1) is 27.9. The van der Waals surface area contributed by atoms with Gasteiger partial charge in [-0.1, -0.05) is 0 Å². The average Bonchev–Trinajstić information content (AvgIpc) is 2.43. The normalized spacial score (nSPS) is 16.3. The Morgan fingerprint density at radius 3 is 1.21 bits per heavy atom. The zero-order chi connectivity index (χ0) is 24.1. The molecule has 0 unspecified atom stereocenters. The maximum Gasteiger partial charge on any atom is 0.402 e. The molecule has 19 heteroatoms. The first-order valence-corrected chi connectivity index (χ1v) is 7.90. The Bertz CT molecular complexity index is 694. The Hall–Kier alpha value is -1.14. The molecule has 0 aromatic carbocycles. The van der Waals surface area contributed by atoms with Gasteiger partial charge in [-0.2, -0.15) is 65.9 Å². The third-order valence-corrected chi connectivity index (χ3v) is 4.16. The van der Waals surface area contributed by atoms with Crippen LogP contribution in [-0.4, -0.2) is 54.0 Å². The molecule has 0 N–H and O–H groups in total. The van der Waals surface area contributed by atoms with E-state index in [1.54, 1.807) is 0 Å². The molecule has 29 heavy (non-hydrogen) atoms. The van der Waals surface area contributed by atoms with E-state index in [2.05, 4.69) is 0 Å². The lowest BCUT2D eigenvalue weighted by atomic mass is 9.92. The Kier molecular flexibility index (Phi) is 6.94. The molecule has 0 heterocycles. The lowest BCUT2D eigenvalue weighted by molar-refractivity contribution is -0.417. The van der Waals surface area contributed by atoms with Gasteiger partial charge in [0.2, 0.25) is 0 Å². The molecule has 0 rings (SSSR count). The van der Waals surface area contributed by atoms with Crippen molar-refractivity contribution in [2.45, 2.75) is 60.3 Å². The van der Waals surface area contributed by atoms with Gasteiger partial charge in [-0.3, -0.25) is 0 Å². The second-order valence-corrected chi connectivity index (χ2v) is 6.86. The molecule has 0 aliphatic rings. The molecule has 0 amide bonds. The third kappa shape index (κ3) is 4.48. The van der Waals surface area contributed by atoms with Gasteiger partial charge in [0.25, 0.3) is 0 Å². The van der Waals surface area contributed by atoms with Crippen LogP contribution in [0.4, 0.5) is 65.9 Å². The van der Waals surface area contributed by atoms with Crippen LogP contribution in [0, 0.1) is 0 Å². The fraction of sp³-hybridized carbons (Fsp3) is 1.00. The standard InChI is InChI=1S/C10H7F15O3S/c11-4(12,2-1-3-5(13,14)15)6(16,17)7(18,19)8(20,21)9(22,23)10(24,25)29(26,27)28/h1-3H2,(H,26,27,28)/p-1. The Morgan fingerprint density at radius 2 is 0.897 bits per heavy atom. The van der Waals surface area contributed by atoms with Crippen molar-refractivity contribution < 1.29 is 78.8 Å². The fourth-order valence-corrected chi connectivity index (χ4v) is 2.07. The average molecular weight is 491 g/mol. The Balaban J connectivity index is 6.22. The summed E-state index contributed by atoms with van der Waals surface area (Å²) in [5.41, 5.74) is 0. The minimum atomic E-state index is -8.29. The molecule has 3 nitrogen and oxygen atoms in total. The third-order valence-electron chi connectivity index (χ3n) is 3.27. The fourth-order valence-electron chi connectivity index (χ4n) is 1.63. The van der Waals surface area contributed by atoms with Gasteiger partial charge in [-0.05, 0) is 6.42 Å². The monoisotopic (exact) mass is 491 g/mol. The Morgan fingerprint density at radius 1 is 0.552 bits per heavy atom. The summed E-state index contributed by atoms with van der Waals surface area (Å²) in [7, 11) is -7.92. The van der Waals surface area contributed by atoms with Gasteiger partial charge >= 0.3 is 41.0 Å². The highest BCUT2D eigenvalue weighted by Gasteiger charge is 2.90. The second-order valence-electron chi connectivity index (χ2n) is 5.44. The largest absolute Gasteiger partial charge is 0.743 e. The predicted octanol–water partition coefficient (Wildman–Crippen LogP) is 5.03. The number of rotatable bonds is 9. The van der Waals surface area contributed by atoms with Gasteiger partial charge < -0.3 is 4.55 Å². The van der Waals surface area contributed by atoms with E-state index in [-0.39, 0.29) is 0 Å². The lowest BCUT2D eigenvalue weighted by Gasteiger charge is -2.41. The molecule has 0 saturated heterocycles. The van der Waals surface area contributed by atoms with E-state index in [0.29, 0.717) is 0 Å². The van der Waals surface area contributed by atoms with Crippen LogP contribution in [0.1, 0.15) is 19.3 Å². The zero-order valence-electron chi connectivity index (χ0n) is 12.9. The number of halogens is 15. The van der Waals surface area contributed by atoms with E-state index in [1.807, 2.05) is 0 Å². The zero-order valence-corrected chi connectivity index (χ0v) is 13.7. The molecule has 0 radical (unpaired) electrons. The van der Waals surface area contributed by atoms with Crippen LogP contribution >= 0.6 is 0 Å². The van der Waals surface area contributed by atoms with Crippen LogP contribution in [0.15, 0.2) is 0 Å². The lowest BCUT2D eigenvalue weighted by Crippen LogP contribution is -2.71. The Labute approximate surface area is 150 Å². The SMILES string of the molecule is O=S(=O)([O-])C(F)(F)C(F)(F)C(F)(F)C(F)(F)C(F)(F)C(F)(F)CCCC(F)(F)F. The van der Waals surface area contributed by atoms with Crippen molar-refractivity contribution in [3.8, 4) is 0 Å². The molecule has 0 saturated carbocycles. The van der Waals surface area contributed by atoms with Gasteiger partial charge in [0, 0.05) is 12.8 Å². The maximum atomic E-state index is 13.2. The summed E-state index contributed by atoms with van der Waals surface area (Å²) in [5.74, 6) is -38.9. The molecule has 176 valence electrons. The van der Waals surface area contributed by atoms with Crippen LogP contribution in [0.2, 0.25) is 0 Å². The summed E-state index contributed by atoms with van der Waals surface area (Å²) in [4.78, 5) is 0. The van der Waals surface area contributed by atoms with Crippen molar-refractivity contribution in [2.24, 2.45) is 0 Å². The van der Waals surface area contributed by atoms with Gasteiger partial charge in [-0.25, -0.2) is 8.42 Å². The molecule has 0 aliphatic carbocycles. The van der Waals surface area contributed by atoms with Crippen molar-refractivity contribution in [1.82, 2.24) is 0 Å². The predicted molar refractivity (Wildman–Crippen MR) is 59.3 cm³/mol. The second kappa shape index (κ2) is 7.23. The first-order chi connectivity index (χ1) is 12.2. The van der Waals surface area contributed by atoms with Gasteiger partial charge in [0.1, 0.15) is 0 Å². The van der Waals surface area contributed by atoms with Gasteiger partial charge in [0.15, 0.2) is 10.1 Å². The van der Waals surface area contributed by atoms with Crippen molar-refractivity contribution in [3.63, 3.8) is 0 Å². The van der Waals surface area contributed by atoms with Crippen LogP contribution in [0.3, 0.4) is 0 Å². The summed E-state index contributed by atoms with van der Waals surface area (Å²) < 4.78 is 222. The quantitative estimate of drug-likeness (QED) is 0.336. The van der Waals surface area contributed by atoms with E-state index in [4.69, 9.17) is 0 Å². The number of hydrogen-bond donors (Lipinski definition) is 0. The van der Waals surface area contributed by atoms with E-state index in [1.165, 1.54) is 0 Å². The van der Waals surface area contributed by atoms with E-state index in [9.17, 15) is 78.8 Å². The van der Waals surface area contributed by atoms with Crippen LogP contribution in [-0.2, 0) is 10.1 Å². The van der Waals surface area contributed by atoms with Gasteiger partial charge in [-0.15, -0.1) is 0 Å². The summed E-state index contributed by atoms with van der Waals surface area (Å²) >= 11 is 0. The molecule has 0 atom stereocenters. The number of alkyl halides is 15. The van der Waals surface area contributed by atoms with Crippen molar-refractivity contribution in [2.75, 3.05) is 0 Å². The summed E-state index contributed by atoms with van der Waals surface area (Å²) in [6.07, 6.45) is -12.7. The van der Waals surface area contributed by atoms with Crippen LogP contribution in [0.25, 0.3) is 0 Å². The van der Waals surface area contributed by atoms with E-state index < -0.39 is 70.4 Å². The molecule has 0 spiro atoms. The highest BCUT2D eigenvalue weighted by atomic mass is 32.2. The molecule has 0 aliphatic heterocycles. The van der Waals surface area contributed by atoms with Crippen molar-refractivity contribution >= 4 is 10.1 Å². The highest BCUT2D eigenvalue weighted by Crippen LogP contribution is 2.61. The van der Waals surface area contributed by atoms with Gasteiger partial charge in [0.05, 0.1) is 0 Å². The molecular formula is C10H6F15O3S-. The number of hydrogen-bond acceptors (Lipinski definition) is 3. The molecule has 0 fully saturated rings. The maximum absolute atomic E-state index is 13.2. The molecule has 0 aromatic heterocycles. The van der Waals surface area contributed by atoms with Crippen LogP contribution in [0.5, 0.6) is 0 Å². The minimum absolute atomic E-state index is 2.10. The van der Waals surface area contributed by atoms with Crippen LogP contribution < -0.4 is 0 Å². The summed E-state index contributed by atoms with van der Waals surface area (Å²) in [6, 6.07) is 0. The van der Waals surface area contributed by atoms with Crippen molar-refractivity contribution in [3.05, 3.63) is 0 Å². The summed E-state index contributed by atoms with van der Waals surface area (Å²) in [6.45, 7) is 0. The topological polar surface area (TPSA) is 57.2 Å². The molecular weight excluding hydrogens is 485 g/mol. The van der Waals surface area contributed by atoms with Crippen molar-refractivity contribution in [1.29, 1.82) is 0 Å². The molecule has 0 aromatic rings. The van der Waals surface area contributed by atoms with E-state index in [0.717, 1.165) is 0 Å². The first-order valence-electron chi connectivity index (χ1n) is 6.50. The highest BCUT2D eigenvalue weighted by molar-refractivity contribution is 7.86. The smallest absolute Gasteiger partial charge is 0.402 e.